The van der Waals surface area contributed by atoms with E-state index in [-0.39, 0.29) is 24.6 Å². The molecule has 0 aliphatic carbocycles. The number of carbonyl (C=O) groups excluding carboxylic acids is 1. The highest BCUT2D eigenvalue weighted by Gasteiger charge is 2.35. The van der Waals surface area contributed by atoms with Crippen LogP contribution in [0.15, 0.2) is 42.0 Å². The maximum absolute atomic E-state index is 14.1. The van der Waals surface area contributed by atoms with Gasteiger partial charge in [0.25, 0.3) is 5.91 Å². The molecule has 1 unspecified atom stereocenters. The molecule has 30 heavy (non-hydrogen) atoms. The van der Waals surface area contributed by atoms with Crippen molar-refractivity contribution < 1.29 is 26.7 Å². The minimum Gasteiger partial charge on any atom is -0.399 e. The van der Waals surface area contributed by atoms with E-state index in [1.807, 2.05) is 0 Å². The maximum Gasteiger partial charge on any atom is 0.416 e. The van der Waals surface area contributed by atoms with Crippen LogP contribution in [0.3, 0.4) is 0 Å². The van der Waals surface area contributed by atoms with Crippen LogP contribution in [0.5, 0.6) is 0 Å². The van der Waals surface area contributed by atoms with Crippen molar-refractivity contribution in [3.05, 3.63) is 64.7 Å². The first-order chi connectivity index (χ1) is 14.0. The summed E-state index contributed by atoms with van der Waals surface area (Å²) in [5, 5.41) is 1.04. The van der Waals surface area contributed by atoms with Gasteiger partial charge in [0, 0.05) is 18.2 Å². The van der Waals surface area contributed by atoms with Crippen molar-refractivity contribution in [1.82, 2.24) is 14.9 Å². The molecule has 160 valence electrons. The number of nitrogens with two attached hydrogens (primary N) is 2. The number of amides is 1. The molecule has 0 saturated carbocycles. The lowest BCUT2D eigenvalue weighted by atomic mass is 10.0. The Morgan fingerprint density at radius 3 is 2.47 bits per heavy atom. The van der Waals surface area contributed by atoms with Gasteiger partial charge in [-0.25, -0.2) is 29.6 Å². The lowest BCUT2D eigenvalue weighted by Gasteiger charge is -2.37. The van der Waals surface area contributed by atoms with Gasteiger partial charge in [-0.05, 0) is 25.1 Å². The largest absolute Gasteiger partial charge is 0.416 e. The van der Waals surface area contributed by atoms with Crippen molar-refractivity contribution in [3.8, 4) is 0 Å². The van der Waals surface area contributed by atoms with Gasteiger partial charge in [-0.3, -0.25) is 4.79 Å². The Morgan fingerprint density at radius 1 is 1.23 bits per heavy atom. The number of anilines is 1. The first-order valence-corrected chi connectivity index (χ1v) is 8.66. The quantitative estimate of drug-likeness (QED) is 0.443. The first-order valence-electron chi connectivity index (χ1n) is 8.66. The van der Waals surface area contributed by atoms with E-state index in [4.69, 9.17) is 11.6 Å². The zero-order valence-corrected chi connectivity index (χ0v) is 15.6. The molecule has 1 amide bonds. The SMILES string of the molecule is CC1CC(N(N)c2ncc(F)cn2)=C(N)CN1C(=O)c1cc(C(F)(F)F)ccc1F. The van der Waals surface area contributed by atoms with E-state index in [9.17, 15) is 26.7 Å². The van der Waals surface area contributed by atoms with Crippen LogP contribution in [0.25, 0.3) is 0 Å². The van der Waals surface area contributed by atoms with Crippen molar-refractivity contribution >= 4 is 11.9 Å². The summed E-state index contributed by atoms with van der Waals surface area (Å²) in [5.41, 5.74) is 4.63. The molecule has 1 aliphatic heterocycles. The van der Waals surface area contributed by atoms with E-state index < -0.39 is 40.9 Å². The van der Waals surface area contributed by atoms with Gasteiger partial charge in [0.2, 0.25) is 5.95 Å². The standard InChI is InChI=1S/C18H17F5N6O/c1-9-4-15(29(25)17-26-6-11(19)7-27-17)14(24)8-28(9)16(30)12-5-10(18(21,22)23)2-3-13(12)20/h2-3,5-7,9H,4,8,24-25H2,1H3. The zero-order valence-electron chi connectivity index (χ0n) is 15.6. The second-order valence-corrected chi connectivity index (χ2v) is 6.72. The number of hydrogen-bond acceptors (Lipinski definition) is 6. The van der Waals surface area contributed by atoms with Gasteiger partial charge in [0.05, 0.1) is 35.8 Å². The van der Waals surface area contributed by atoms with Gasteiger partial charge >= 0.3 is 6.18 Å². The number of rotatable bonds is 3. The van der Waals surface area contributed by atoms with Gasteiger partial charge in [-0.15, -0.1) is 0 Å². The fourth-order valence-corrected chi connectivity index (χ4v) is 3.05. The van der Waals surface area contributed by atoms with Gasteiger partial charge < -0.3 is 10.6 Å². The van der Waals surface area contributed by atoms with Crippen molar-refractivity contribution in [2.75, 3.05) is 11.6 Å². The summed E-state index contributed by atoms with van der Waals surface area (Å²) in [4.78, 5) is 21.4. The second-order valence-electron chi connectivity index (χ2n) is 6.72. The molecule has 4 N–H and O–H groups in total. The summed E-state index contributed by atoms with van der Waals surface area (Å²) >= 11 is 0. The number of aromatic nitrogens is 2. The number of hydrazine groups is 1. The highest BCUT2D eigenvalue weighted by atomic mass is 19.4. The minimum atomic E-state index is -4.72. The van der Waals surface area contributed by atoms with Crippen LogP contribution < -0.4 is 16.6 Å². The minimum absolute atomic E-state index is 0.0368. The summed E-state index contributed by atoms with van der Waals surface area (Å²) < 4.78 is 65.9. The Labute approximate surface area is 167 Å². The van der Waals surface area contributed by atoms with Crippen LogP contribution in [-0.2, 0) is 6.18 Å². The smallest absolute Gasteiger partial charge is 0.399 e. The molecule has 0 bridgehead atoms. The molecule has 2 aromatic rings. The van der Waals surface area contributed by atoms with Crippen molar-refractivity contribution in [2.24, 2.45) is 11.6 Å². The molecule has 7 nitrogen and oxygen atoms in total. The number of benzene rings is 1. The topological polar surface area (TPSA) is 101 Å². The summed E-state index contributed by atoms with van der Waals surface area (Å²) in [6.07, 6.45) is -2.80. The molecule has 0 saturated heterocycles. The maximum atomic E-state index is 14.1. The van der Waals surface area contributed by atoms with Crippen molar-refractivity contribution in [2.45, 2.75) is 25.6 Å². The molecular weight excluding hydrogens is 411 g/mol. The summed E-state index contributed by atoms with van der Waals surface area (Å²) in [6.45, 7) is 1.40. The average molecular weight is 428 g/mol. The van der Waals surface area contributed by atoms with Gasteiger partial charge in [-0.2, -0.15) is 13.2 Å². The zero-order chi connectivity index (χ0) is 22.2. The highest BCUT2D eigenvalue weighted by molar-refractivity contribution is 5.95. The number of carbonyl (C=O) groups is 1. The summed E-state index contributed by atoms with van der Waals surface area (Å²) in [5.74, 6) is 3.25. The Hall–Kier alpha value is -3.28. The highest BCUT2D eigenvalue weighted by Crippen LogP contribution is 2.32. The monoisotopic (exact) mass is 428 g/mol. The van der Waals surface area contributed by atoms with Crippen LogP contribution in [0.4, 0.5) is 27.9 Å². The molecule has 3 rings (SSSR count). The Kier molecular flexibility index (Phi) is 5.61. The van der Waals surface area contributed by atoms with E-state index in [2.05, 4.69) is 9.97 Å². The van der Waals surface area contributed by atoms with E-state index in [1.165, 1.54) is 0 Å². The van der Waals surface area contributed by atoms with E-state index in [0.717, 1.165) is 22.3 Å². The molecule has 1 aromatic heterocycles. The lowest BCUT2D eigenvalue weighted by Crippen LogP contribution is -2.48. The third kappa shape index (κ3) is 4.17. The number of halogens is 5. The Bertz CT molecular complexity index is 992. The van der Waals surface area contributed by atoms with Crippen LogP contribution >= 0.6 is 0 Å². The van der Waals surface area contributed by atoms with Crippen molar-refractivity contribution in [3.63, 3.8) is 0 Å². The number of alkyl halides is 3. The molecule has 2 heterocycles. The third-order valence-electron chi connectivity index (χ3n) is 4.63. The molecule has 1 atom stereocenters. The normalized spacial score (nSPS) is 17.3. The number of hydrogen-bond donors (Lipinski definition) is 2. The van der Waals surface area contributed by atoms with E-state index in [1.54, 1.807) is 6.92 Å². The molecule has 0 fully saturated rings. The van der Waals surface area contributed by atoms with Crippen LogP contribution in [0.1, 0.15) is 29.3 Å². The molecule has 1 aromatic carbocycles. The third-order valence-corrected chi connectivity index (χ3v) is 4.63. The first kappa shape index (κ1) is 21.4. The van der Waals surface area contributed by atoms with Crippen LogP contribution in [0, 0.1) is 11.6 Å². The van der Waals surface area contributed by atoms with Gasteiger partial charge in [0.1, 0.15) is 5.82 Å². The van der Waals surface area contributed by atoms with Crippen LogP contribution in [0.2, 0.25) is 0 Å². The van der Waals surface area contributed by atoms with E-state index in [0.29, 0.717) is 23.9 Å². The second kappa shape index (κ2) is 7.86. The predicted octanol–water partition coefficient (Wildman–Crippen LogP) is 2.56. The molecular formula is C18H17F5N6O. The fraction of sp³-hybridized carbons (Fsp3) is 0.278. The van der Waals surface area contributed by atoms with E-state index >= 15 is 0 Å². The Balaban J connectivity index is 1.88. The fourth-order valence-electron chi connectivity index (χ4n) is 3.05. The number of nitrogens with zero attached hydrogens (tertiary/aromatic N) is 4. The van der Waals surface area contributed by atoms with Crippen molar-refractivity contribution in [1.29, 1.82) is 0 Å². The summed E-state index contributed by atoms with van der Waals surface area (Å²) in [6, 6.07) is 1.05. The van der Waals surface area contributed by atoms with Gasteiger partial charge in [0.15, 0.2) is 5.82 Å². The molecule has 0 radical (unpaired) electrons. The predicted molar refractivity (Wildman–Crippen MR) is 96.4 cm³/mol. The molecule has 1 aliphatic rings. The van der Waals surface area contributed by atoms with Crippen LogP contribution in [-0.4, -0.2) is 33.4 Å². The summed E-state index contributed by atoms with van der Waals surface area (Å²) in [7, 11) is 0. The van der Waals surface area contributed by atoms with Gasteiger partial charge in [-0.1, -0.05) is 0 Å². The lowest BCUT2D eigenvalue weighted by molar-refractivity contribution is -0.137. The molecule has 12 heteroatoms. The molecule has 0 spiro atoms. The Morgan fingerprint density at radius 2 is 1.87 bits per heavy atom. The average Bonchev–Trinajstić information content (AvgIpc) is 2.68.